The van der Waals surface area contributed by atoms with Crippen LogP contribution in [0, 0.1) is 5.92 Å². The van der Waals surface area contributed by atoms with Gasteiger partial charge in [-0.3, -0.25) is 4.68 Å². The highest BCUT2D eigenvalue weighted by Gasteiger charge is 2.23. The summed E-state index contributed by atoms with van der Waals surface area (Å²) >= 11 is 0. The fourth-order valence-electron chi connectivity index (χ4n) is 3.30. The van der Waals surface area contributed by atoms with Gasteiger partial charge in [-0.1, -0.05) is 5.21 Å². The average Bonchev–Trinajstić information content (AvgIpc) is 3.24. The van der Waals surface area contributed by atoms with Gasteiger partial charge in [-0.25, -0.2) is 15.0 Å². The Morgan fingerprint density at radius 2 is 2.29 bits per heavy atom. The van der Waals surface area contributed by atoms with Gasteiger partial charge in [0.25, 0.3) is 0 Å². The molecule has 0 unspecified atom stereocenters. The largest absolute Gasteiger partial charge is 0.378 e. The van der Waals surface area contributed by atoms with Crippen molar-refractivity contribution >= 4 is 17.0 Å². The number of anilines is 1. The number of ether oxygens (including phenoxy) is 1. The highest BCUT2D eigenvalue weighted by atomic mass is 16.5. The Kier molecular flexibility index (Phi) is 4.08. The minimum Gasteiger partial charge on any atom is -0.378 e. The molecule has 126 valence electrons. The number of nitrogens with zero attached hydrogens (tertiary/aromatic N) is 7. The van der Waals surface area contributed by atoms with Gasteiger partial charge < -0.3 is 14.6 Å². The van der Waals surface area contributed by atoms with Gasteiger partial charge in [-0.15, -0.1) is 5.10 Å². The van der Waals surface area contributed by atoms with Crippen LogP contribution in [0.3, 0.4) is 0 Å². The van der Waals surface area contributed by atoms with E-state index in [9.17, 15) is 0 Å². The monoisotopic (exact) mass is 328 g/mol. The maximum absolute atomic E-state index is 5.09. The molecule has 24 heavy (non-hydrogen) atoms. The van der Waals surface area contributed by atoms with Crippen molar-refractivity contribution < 1.29 is 4.74 Å². The fraction of sp³-hybridized carbons (Fsp3) is 0.533. The zero-order valence-electron chi connectivity index (χ0n) is 13.6. The molecule has 3 aromatic rings. The summed E-state index contributed by atoms with van der Waals surface area (Å²) in [7, 11) is 1.66. The second-order valence-corrected chi connectivity index (χ2v) is 6.12. The molecule has 0 bridgehead atoms. The molecule has 1 fully saturated rings. The maximum Gasteiger partial charge on any atom is 0.182 e. The zero-order chi connectivity index (χ0) is 16.4. The van der Waals surface area contributed by atoms with Crippen LogP contribution in [0.4, 0.5) is 5.82 Å². The average molecular weight is 328 g/mol. The van der Waals surface area contributed by atoms with Crippen molar-refractivity contribution in [2.75, 3.05) is 25.1 Å². The van der Waals surface area contributed by atoms with Crippen molar-refractivity contribution in [3.05, 3.63) is 24.5 Å². The van der Waals surface area contributed by atoms with Gasteiger partial charge in [0.05, 0.1) is 19.1 Å². The quantitative estimate of drug-likeness (QED) is 0.746. The molecule has 0 saturated carbocycles. The second-order valence-electron chi connectivity index (χ2n) is 6.12. The minimum atomic E-state index is 0.496. The Bertz CT molecular complexity index is 813. The number of hydrogen-bond acceptors (Lipinski definition) is 7. The van der Waals surface area contributed by atoms with E-state index in [-0.39, 0.29) is 0 Å². The highest BCUT2D eigenvalue weighted by molar-refractivity contribution is 5.82. The van der Waals surface area contributed by atoms with Crippen LogP contribution in [-0.2, 0) is 17.9 Å². The summed E-state index contributed by atoms with van der Waals surface area (Å²) in [4.78, 5) is 18.3. The first kappa shape index (κ1) is 15.0. The fourth-order valence-corrected chi connectivity index (χ4v) is 3.30. The minimum absolute atomic E-state index is 0.496. The molecule has 4 rings (SSSR count). The highest BCUT2D eigenvalue weighted by Crippen LogP contribution is 2.26. The number of piperidine rings is 1. The van der Waals surface area contributed by atoms with E-state index in [1.165, 1.54) is 6.42 Å². The Hall–Kier alpha value is -2.55. The van der Waals surface area contributed by atoms with Crippen molar-refractivity contribution in [2.24, 2.45) is 5.92 Å². The van der Waals surface area contributed by atoms with Gasteiger partial charge >= 0.3 is 0 Å². The summed E-state index contributed by atoms with van der Waals surface area (Å²) in [5.74, 6) is 1.43. The summed E-state index contributed by atoms with van der Waals surface area (Å²) in [6.45, 7) is 3.28. The lowest BCUT2D eigenvalue weighted by molar-refractivity contribution is 0.181. The van der Waals surface area contributed by atoms with Gasteiger partial charge in [-0.05, 0) is 18.8 Å². The molecule has 0 spiro atoms. The third-order valence-electron chi connectivity index (χ3n) is 4.35. The van der Waals surface area contributed by atoms with E-state index < -0.39 is 0 Å². The van der Waals surface area contributed by atoms with E-state index in [4.69, 9.17) is 4.74 Å². The molecule has 4 heterocycles. The summed E-state index contributed by atoms with van der Waals surface area (Å²) in [6, 6.07) is 0. The van der Waals surface area contributed by atoms with E-state index in [1.807, 2.05) is 10.9 Å². The predicted molar refractivity (Wildman–Crippen MR) is 87.4 cm³/mol. The van der Waals surface area contributed by atoms with Crippen molar-refractivity contribution in [3.8, 4) is 0 Å². The summed E-state index contributed by atoms with van der Waals surface area (Å²) < 4.78 is 7.00. The SMILES string of the molecule is COCc1cn(C[C@@H]2CCCN(c3ncnc4nc[nH]c34)C2)nn1. The van der Waals surface area contributed by atoms with E-state index in [0.717, 1.165) is 43.1 Å². The molecule has 0 radical (unpaired) electrons. The molecule has 1 aliphatic heterocycles. The molecule has 3 aromatic heterocycles. The number of imidazole rings is 1. The first-order valence-corrected chi connectivity index (χ1v) is 8.10. The van der Waals surface area contributed by atoms with Gasteiger partial charge in [0.1, 0.15) is 17.5 Å². The second kappa shape index (κ2) is 6.52. The molecule has 9 heteroatoms. The lowest BCUT2D eigenvalue weighted by Crippen LogP contribution is -2.37. The third kappa shape index (κ3) is 2.94. The Morgan fingerprint density at radius 1 is 1.33 bits per heavy atom. The van der Waals surface area contributed by atoms with Gasteiger partial charge in [-0.2, -0.15) is 0 Å². The molecule has 0 aliphatic carbocycles. The van der Waals surface area contributed by atoms with Gasteiger partial charge in [0.15, 0.2) is 11.5 Å². The molecule has 1 N–H and O–H groups in total. The zero-order valence-corrected chi connectivity index (χ0v) is 13.6. The van der Waals surface area contributed by atoms with Crippen LogP contribution >= 0.6 is 0 Å². The third-order valence-corrected chi connectivity index (χ3v) is 4.35. The maximum atomic E-state index is 5.09. The number of hydrogen-bond donors (Lipinski definition) is 1. The topological polar surface area (TPSA) is 97.6 Å². The molecular weight excluding hydrogens is 308 g/mol. The lowest BCUT2D eigenvalue weighted by atomic mass is 9.98. The molecule has 1 aliphatic rings. The number of methoxy groups -OCH3 is 1. The predicted octanol–water partition coefficient (Wildman–Crippen LogP) is 1.01. The first-order valence-electron chi connectivity index (χ1n) is 8.10. The van der Waals surface area contributed by atoms with Crippen molar-refractivity contribution in [1.29, 1.82) is 0 Å². The summed E-state index contributed by atoms with van der Waals surface area (Å²) in [5, 5.41) is 8.32. The molecule has 1 atom stereocenters. The smallest absolute Gasteiger partial charge is 0.182 e. The number of nitrogens with one attached hydrogen (secondary N) is 1. The van der Waals surface area contributed by atoms with E-state index in [2.05, 4.69) is 35.1 Å². The van der Waals surface area contributed by atoms with Crippen LogP contribution < -0.4 is 4.90 Å². The van der Waals surface area contributed by atoms with Crippen LogP contribution in [0.5, 0.6) is 0 Å². The number of fused-ring (bicyclic) bond motifs is 1. The van der Waals surface area contributed by atoms with Crippen LogP contribution in [0.15, 0.2) is 18.9 Å². The van der Waals surface area contributed by atoms with E-state index in [1.54, 1.807) is 19.8 Å². The molecule has 1 saturated heterocycles. The van der Waals surface area contributed by atoms with Gasteiger partial charge in [0.2, 0.25) is 0 Å². The van der Waals surface area contributed by atoms with Crippen molar-refractivity contribution in [1.82, 2.24) is 34.9 Å². The summed E-state index contributed by atoms with van der Waals surface area (Å²) in [6.07, 6.45) is 7.50. The first-order chi connectivity index (χ1) is 11.8. The number of H-pyrrole nitrogens is 1. The molecule has 9 nitrogen and oxygen atoms in total. The molecular formula is C15H20N8O. The van der Waals surface area contributed by atoms with Crippen LogP contribution in [-0.4, -0.2) is 55.1 Å². The van der Waals surface area contributed by atoms with Crippen LogP contribution in [0.1, 0.15) is 18.5 Å². The number of aromatic amines is 1. The Morgan fingerprint density at radius 3 is 3.21 bits per heavy atom. The van der Waals surface area contributed by atoms with Crippen LogP contribution in [0.2, 0.25) is 0 Å². The Balaban J connectivity index is 1.48. The standard InChI is InChI=1S/C15H20N8O/c1-24-8-12-7-23(21-20-12)6-11-3-2-4-22(5-11)15-13-14(17-9-16-13)18-10-19-15/h7,9-11H,2-6,8H2,1H3,(H,16,17,18,19)/t11-/m1/s1. The van der Waals surface area contributed by atoms with Gasteiger partial charge in [0, 0.05) is 26.7 Å². The Labute approximate surface area is 139 Å². The molecule has 0 amide bonds. The number of rotatable bonds is 5. The normalized spacial score (nSPS) is 18.4. The summed E-state index contributed by atoms with van der Waals surface area (Å²) in [5.41, 5.74) is 2.48. The van der Waals surface area contributed by atoms with E-state index in [0.29, 0.717) is 18.2 Å². The molecule has 0 aromatic carbocycles. The van der Waals surface area contributed by atoms with E-state index >= 15 is 0 Å². The van der Waals surface area contributed by atoms with Crippen LogP contribution in [0.25, 0.3) is 11.2 Å². The van der Waals surface area contributed by atoms with Crippen molar-refractivity contribution in [2.45, 2.75) is 26.0 Å². The van der Waals surface area contributed by atoms with Crippen molar-refractivity contribution in [3.63, 3.8) is 0 Å². The lowest BCUT2D eigenvalue weighted by Gasteiger charge is -2.33. The number of aromatic nitrogens is 7.